The minimum atomic E-state index is -0.317. The predicted molar refractivity (Wildman–Crippen MR) is 69.3 cm³/mol. The van der Waals surface area contributed by atoms with Crippen LogP contribution in [0, 0.1) is 0 Å². The normalized spacial score (nSPS) is 7.89. The summed E-state index contributed by atoms with van der Waals surface area (Å²) in [6.45, 7) is 11.4. The molecule has 0 atom stereocenters. The molecule has 0 saturated heterocycles. The SMILES string of the molecule is C=CC=COC(C)=O.C=CC=COC(C)=O.C=O.[Ru]. The number of esters is 2. The van der Waals surface area contributed by atoms with Gasteiger partial charge in [-0.1, -0.05) is 25.3 Å². The first-order valence-electron chi connectivity index (χ1n) is 4.73. The van der Waals surface area contributed by atoms with Crippen molar-refractivity contribution in [3.05, 3.63) is 50.0 Å². The first-order chi connectivity index (χ1) is 8.54. The molecule has 0 aliphatic rings. The second-order valence-electron chi connectivity index (χ2n) is 2.35. The van der Waals surface area contributed by atoms with Gasteiger partial charge in [0.25, 0.3) is 0 Å². The zero-order valence-corrected chi connectivity index (χ0v) is 12.7. The molecule has 0 aromatic heterocycles. The van der Waals surface area contributed by atoms with E-state index in [4.69, 9.17) is 4.79 Å². The summed E-state index contributed by atoms with van der Waals surface area (Å²) in [6.07, 6.45) is 8.72. The maximum Gasteiger partial charge on any atom is 0.307 e. The molecule has 0 spiro atoms. The van der Waals surface area contributed by atoms with Crippen molar-refractivity contribution in [2.45, 2.75) is 13.8 Å². The van der Waals surface area contributed by atoms with Crippen molar-refractivity contribution in [2.24, 2.45) is 0 Å². The van der Waals surface area contributed by atoms with Crippen LogP contribution in [0.2, 0.25) is 0 Å². The molecule has 6 heteroatoms. The third-order valence-corrected chi connectivity index (χ3v) is 0.897. The standard InChI is InChI=1S/2C6H8O2.CH2O.Ru/c2*1-3-4-5-8-6(2)7;1-2;/h2*3-5H,1H2,2H3;1H2;. The summed E-state index contributed by atoms with van der Waals surface area (Å²) in [4.78, 5) is 28.0. The Morgan fingerprint density at radius 2 is 1.11 bits per heavy atom. The van der Waals surface area contributed by atoms with E-state index in [0.29, 0.717) is 0 Å². The van der Waals surface area contributed by atoms with E-state index in [9.17, 15) is 9.59 Å². The predicted octanol–water partition coefficient (Wildman–Crippen LogP) is 2.31. The summed E-state index contributed by atoms with van der Waals surface area (Å²) in [5, 5.41) is 0. The van der Waals surface area contributed by atoms with Crippen LogP contribution in [0.1, 0.15) is 13.8 Å². The molecule has 0 fully saturated rings. The van der Waals surface area contributed by atoms with Crippen LogP contribution in [0.15, 0.2) is 50.0 Å². The van der Waals surface area contributed by atoms with Crippen LogP contribution in [0.4, 0.5) is 0 Å². The fraction of sp³-hybridized carbons (Fsp3) is 0.154. The van der Waals surface area contributed by atoms with Gasteiger partial charge in [-0.3, -0.25) is 9.59 Å². The van der Waals surface area contributed by atoms with Crippen LogP contribution in [-0.4, -0.2) is 18.7 Å². The first kappa shape index (κ1) is 25.9. The maximum atomic E-state index is 10.0. The average molecular weight is 355 g/mol. The topological polar surface area (TPSA) is 69.7 Å². The quantitative estimate of drug-likeness (QED) is 0.335. The zero-order valence-electron chi connectivity index (χ0n) is 11.0. The van der Waals surface area contributed by atoms with Gasteiger partial charge in [-0.2, -0.15) is 0 Å². The molecule has 0 unspecified atom stereocenters. The minimum Gasteiger partial charge on any atom is -0.435 e. The van der Waals surface area contributed by atoms with Crippen molar-refractivity contribution in [1.82, 2.24) is 0 Å². The van der Waals surface area contributed by atoms with Crippen LogP contribution in [0.5, 0.6) is 0 Å². The molecule has 5 nitrogen and oxygen atoms in total. The number of rotatable bonds is 4. The van der Waals surface area contributed by atoms with Crippen LogP contribution < -0.4 is 0 Å². The van der Waals surface area contributed by atoms with Gasteiger partial charge in [0.2, 0.25) is 0 Å². The molecule has 19 heavy (non-hydrogen) atoms. The molecular formula is C13H18O5Ru. The van der Waals surface area contributed by atoms with E-state index in [-0.39, 0.29) is 31.4 Å². The molecule has 0 aromatic rings. The maximum absolute atomic E-state index is 10.0. The summed E-state index contributed by atoms with van der Waals surface area (Å²) < 4.78 is 8.78. The van der Waals surface area contributed by atoms with Crippen molar-refractivity contribution in [3.8, 4) is 0 Å². The largest absolute Gasteiger partial charge is 0.435 e. The summed E-state index contributed by atoms with van der Waals surface area (Å²) in [6, 6.07) is 0. The second-order valence-corrected chi connectivity index (χ2v) is 2.35. The summed E-state index contributed by atoms with van der Waals surface area (Å²) >= 11 is 0. The Hall–Kier alpha value is -1.81. The molecule has 0 aliphatic heterocycles. The third-order valence-electron chi connectivity index (χ3n) is 0.897. The van der Waals surface area contributed by atoms with Crippen molar-refractivity contribution >= 4 is 18.7 Å². The molecule has 0 aromatic carbocycles. The molecule has 0 aliphatic carbocycles. The molecule has 0 radical (unpaired) electrons. The third kappa shape index (κ3) is 48.6. The fourth-order valence-corrected chi connectivity index (χ4v) is 0.381. The molecule has 0 amide bonds. The molecule has 0 N–H and O–H groups in total. The van der Waals surface area contributed by atoms with Gasteiger partial charge < -0.3 is 14.3 Å². The van der Waals surface area contributed by atoms with E-state index >= 15 is 0 Å². The van der Waals surface area contributed by atoms with E-state index in [1.165, 1.54) is 38.5 Å². The number of carbonyl (C=O) groups excluding carboxylic acids is 3. The van der Waals surface area contributed by atoms with E-state index < -0.39 is 0 Å². The van der Waals surface area contributed by atoms with Crippen molar-refractivity contribution in [1.29, 1.82) is 0 Å². The van der Waals surface area contributed by atoms with E-state index in [1.807, 2.05) is 6.79 Å². The van der Waals surface area contributed by atoms with E-state index in [0.717, 1.165) is 0 Å². The number of ether oxygens (including phenoxy) is 2. The van der Waals surface area contributed by atoms with Crippen molar-refractivity contribution in [2.75, 3.05) is 0 Å². The fourth-order valence-electron chi connectivity index (χ4n) is 0.381. The van der Waals surface area contributed by atoms with Crippen molar-refractivity contribution < 1.29 is 43.3 Å². The molecule has 0 bridgehead atoms. The van der Waals surface area contributed by atoms with Crippen molar-refractivity contribution in [3.63, 3.8) is 0 Å². The number of hydrogen-bond acceptors (Lipinski definition) is 5. The Morgan fingerprint density at radius 1 is 0.842 bits per heavy atom. The van der Waals surface area contributed by atoms with Gasteiger partial charge in [0, 0.05) is 33.3 Å². The molecule has 108 valence electrons. The van der Waals surface area contributed by atoms with Crippen LogP contribution in [0.3, 0.4) is 0 Å². The summed E-state index contributed by atoms with van der Waals surface area (Å²) in [5.41, 5.74) is 0. The minimum absolute atomic E-state index is 0. The van der Waals surface area contributed by atoms with Gasteiger partial charge in [0.15, 0.2) is 0 Å². The van der Waals surface area contributed by atoms with Gasteiger partial charge in [0.1, 0.15) is 6.79 Å². The Balaban J connectivity index is -0.0000000999. The molecule has 0 heterocycles. The van der Waals surface area contributed by atoms with E-state index in [1.54, 1.807) is 12.2 Å². The summed E-state index contributed by atoms with van der Waals surface area (Å²) in [5.74, 6) is -0.633. The Bertz CT molecular complexity index is 278. The second kappa shape index (κ2) is 25.1. The Labute approximate surface area is 126 Å². The smallest absolute Gasteiger partial charge is 0.307 e. The Morgan fingerprint density at radius 3 is 1.26 bits per heavy atom. The van der Waals surface area contributed by atoms with Crippen LogP contribution in [-0.2, 0) is 43.3 Å². The van der Waals surface area contributed by atoms with Gasteiger partial charge >= 0.3 is 11.9 Å². The van der Waals surface area contributed by atoms with Gasteiger partial charge in [-0.15, -0.1) is 0 Å². The number of allylic oxidation sites excluding steroid dienone is 4. The van der Waals surface area contributed by atoms with Crippen LogP contribution >= 0.6 is 0 Å². The first-order valence-corrected chi connectivity index (χ1v) is 4.73. The molecule has 0 rings (SSSR count). The Kier molecular flexibility index (Phi) is 34.3. The molecule has 0 saturated carbocycles. The zero-order chi connectivity index (χ0) is 14.8. The monoisotopic (exact) mass is 356 g/mol. The molecular weight excluding hydrogens is 337 g/mol. The average Bonchev–Trinajstić information content (AvgIpc) is 2.32. The van der Waals surface area contributed by atoms with Gasteiger partial charge in [-0.05, 0) is 12.2 Å². The number of carbonyl (C=O) groups is 3. The van der Waals surface area contributed by atoms with Gasteiger partial charge in [0.05, 0.1) is 12.5 Å². The number of hydrogen-bond donors (Lipinski definition) is 0. The van der Waals surface area contributed by atoms with E-state index in [2.05, 4.69) is 22.6 Å². The summed E-state index contributed by atoms with van der Waals surface area (Å²) in [7, 11) is 0. The van der Waals surface area contributed by atoms with Crippen LogP contribution in [0.25, 0.3) is 0 Å². The van der Waals surface area contributed by atoms with Gasteiger partial charge in [-0.25, -0.2) is 0 Å².